The second-order valence-corrected chi connectivity index (χ2v) is 11.6. The van der Waals surface area contributed by atoms with Crippen LogP contribution in [0.5, 0.6) is 0 Å². The molecule has 1 aromatic rings. The van der Waals surface area contributed by atoms with Gasteiger partial charge in [-0.1, -0.05) is 6.92 Å². The SMILES string of the molecule is CC1(C)OC(=O)C[C@@H](O)[C@]2(C)[C@H]3C[C@H](O)[C@@H]4[C@H](c5ccoc5)OC(=O)[C@H]5O[C@]45[C@]3(C)C(=O)C[C@@H]12. The third kappa shape index (κ3) is 2.38. The molecule has 0 unspecified atom stereocenters. The summed E-state index contributed by atoms with van der Waals surface area (Å²) in [4.78, 5) is 39.5. The van der Waals surface area contributed by atoms with Gasteiger partial charge in [0.15, 0.2) is 6.10 Å². The molecule has 1 aromatic heterocycles. The molecule has 9 heteroatoms. The predicted molar refractivity (Wildman–Crippen MR) is 113 cm³/mol. The fourth-order valence-corrected chi connectivity index (χ4v) is 8.35. The van der Waals surface area contributed by atoms with Gasteiger partial charge in [-0.15, -0.1) is 0 Å². The summed E-state index contributed by atoms with van der Waals surface area (Å²) in [6.07, 6.45) is -0.871. The summed E-state index contributed by atoms with van der Waals surface area (Å²) >= 11 is 0. The summed E-state index contributed by atoms with van der Waals surface area (Å²) in [5.41, 5.74) is -3.79. The Morgan fingerprint density at radius 2 is 1.76 bits per heavy atom. The van der Waals surface area contributed by atoms with Crippen molar-refractivity contribution in [1.29, 1.82) is 0 Å². The molecule has 5 fully saturated rings. The molecule has 1 spiro atoms. The van der Waals surface area contributed by atoms with Crippen LogP contribution in [-0.4, -0.2) is 57.4 Å². The molecule has 0 amide bonds. The lowest BCUT2D eigenvalue weighted by molar-refractivity contribution is -0.231. The maximum Gasteiger partial charge on any atom is 0.339 e. The Hall–Kier alpha value is -2.23. The van der Waals surface area contributed by atoms with E-state index in [4.69, 9.17) is 18.6 Å². The van der Waals surface area contributed by atoms with Crippen LogP contribution in [0.1, 0.15) is 58.6 Å². The molecule has 0 aromatic carbocycles. The number of hydrogen-bond donors (Lipinski definition) is 2. The van der Waals surface area contributed by atoms with E-state index in [-0.39, 0.29) is 25.0 Å². The van der Waals surface area contributed by atoms with Crippen molar-refractivity contribution in [3.63, 3.8) is 0 Å². The standard InChI is InChI=1S/C25H30O9/c1-22(2)13-8-16(28)24(4)14(23(13,3)15(27)9-17(29)33-22)7-12(26)18-19(11-5-6-31-10-11)32-21(30)20-25(18,24)34-20/h5-6,10,12-15,18-20,26-27H,7-9H2,1-4H3/t12-,13-,14+,15+,18+,19-,20+,23-,24-,25+/m0/s1. The molecular formula is C25H30O9. The van der Waals surface area contributed by atoms with E-state index < -0.39 is 76.1 Å². The summed E-state index contributed by atoms with van der Waals surface area (Å²) < 4.78 is 22.7. The topological polar surface area (TPSA) is 136 Å². The zero-order chi connectivity index (χ0) is 24.4. The number of rotatable bonds is 1. The van der Waals surface area contributed by atoms with Crippen molar-refractivity contribution < 1.29 is 43.2 Å². The first-order chi connectivity index (χ1) is 15.9. The number of furan rings is 1. The minimum Gasteiger partial charge on any atom is -0.472 e. The number of aliphatic hydroxyl groups excluding tert-OH is 2. The van der Waals surface area contributed by atoms with Crippen molar-refractivity contribution in [2.45, 2.75) is 82.6 Å². The van der Waals surface area contributed by atoms with Gasteiger partial charge in [0.25, 0.3) is 0 Å². The highest BCUT2D eigenvalue weighted by Crippen LogP contribution is 2.74. The smallest absolute Gasteiger partial charge is 0.339 e. The van der Waals surface area contributed by atoms with Gasteiger partial charge >= 0.3 is 11.9 Å². The van der Waals surface area contributed by atoms with E-state index in [1.54, 1.807) is 26.8 Å². The van der Waals surface area contributed by atoms with Gasteiger partial charge in [0.05, 0.1) is 42.5 Å². The summed E-state index contributed by atoms with van der Waals surface area (Å²) in [6.45, 7) is 7.23. The first kappa shape index (κ1) is 22.2. The van der Waals surface area contributed by atoms with Gasteiger partial charge < -0.3 is 28.8 Å². The Bertz CT molecular complexity index is 1080. The number of carbonyl (C=O) groups is 3. The van der Waals surface area contributed by atoms with Crippen LogP contribution in [-0.2, 0) is 28.6 Å². The molecule has 34 heavy (non-hydrogen) atoms. The Morgan fingerprint density at radius 1 is 1.03 bits per heavy atom. The maximum absolute atomic E-state index is 14.1. The molecule has 4 heterocycles. The quantitative estimate of drug-likeness (QED) is 0.460. The Labute approximate surface area is 196 Å². The van der Waals surface area contributed by atoms with Gasteiger partial charge in [-0.05, 0) is 39.2 Å². The molecule has 0 radical (unpaired) electrons. The number of ether oxygens (including phenoxy) is 3. The van der Waals surface area contributed by atoms with Crippen molar-refractivity contribution in [3.05, 3.63) is 24.2 Å². The summed E-state index contributed by atoms with van der Waals surface area (Å²) in [7, 11) is 0. The highest BCUT2D eigenvalue weighted by molar-refractivity contribution is 5.93. The average molecular weight is 475 g/mol. The van der Waals surface area contributed by atoms with Gasteiger partial charge in [-0.3, -0.25) is 9.59 Å². The van der Waals surface area contributed by atoms with Crippen molar-refractivity contribution in [3.8, 4) is 0 Å². The molecule has 184 valence electrons. The lowest BCUT2D eigenvalue weighted by atomic mass is 9.39. The molecule has 2 N–H and O–H groups in total. The zero-order valence-corrected chi connectivity index (χ0v) is 19.6. The van der Waals surface area contributed by atoms with Crippen molar-refractivity contribution in [2.75, 3.05) is 0 Å². The molecule has 2 aliphatic carbocycles. The van der Waals surface area contributed by atoms with E-state index in [1.165, 1.54) is 12.5 Å². The van der Waals surface area contributed by atoms with Crippen LogP contribution in [0, 0.1) is 28.6 Å². The van der Waals surface area contributed by atoms with Crippen LogP contribution in [0.4, 0.5) is 0 Å². The third-order valence-corrected chi connectivity index (χ3v) is 9.96. The van der Waals surface area contributed by atoms with E-state index in [2.05, 4.69) is 0 Å². The van der Waals surface area contributed by atoms with Crippen LogP contribution in [0.25, 0.3) is 0 Å². The lowest BCUT2D eigenvalue weighted by Crippen LogP contribution is -2.72. The largest absolute Gasteiger partial charge is 0.472 e. The number of hydrogen-bond acceptors (Lipinski definition) is 9. The van der Waals surface area contributed by atoms with Gasteiger partial charge in [-0.2, -0.15) is 0 Å². The lowest BCUT2D eigenvalue weighted by Gasteiger charge is -2.64. The molecule has 10 atom stereocenters. The third-order valence-electron chi connectivity index (χ3n) is 9.96. The first-order valence-electron chi connectivity index (χ1n) is 11.9. The number of ketones is 1. The molecule has 6 rings (SSSR count). The highest BCUT2D eigenvalue weighted by Gasteiger charge is 2.86. The Balaban J connectivity index is 1.53. The van der Waals surface area contributed by atoms with Crippen molar-refractivity contribution >= 4 is 17.7 Å². The molecule has 5 aliphatic rings. The van der Waals surface area contributed by atoms with E-state index in [0.29, 0.717) is 5.56 Å². The maximum atomic E-state index is 14.1. The monoisotopic (exact) mass is 474 g/mol. The molecule has 0 bridgehead atoms. The molecule has 3 aliphatic heterocycles. The minimum atomic E-state index is -1.27. The number of cyclic esters (lactones) is 2. The minimum absolute atomic E-state index is 0.0624. The number of carbonyl (C=O) groups excluding carboxylic acids is 3. The normalized spacial score (nSPS) is 51.1. The van der Waals surface area contributed by atoms with E-state index in [0.717, 1.165) is 0 Å². The van der Waals surface area contributed by atoms with E-state index in [9.17, 15) is 24.6 Å². The van der Waals surface area contributed by atoms with Crippen molar-refractivity contribution in [2.24, 2.45) is 28.6 Å². The number of aliphatic hydroxyl groups is 2. The summed E-state index contributed by atoms with van der Waals surface area (Å²) in [6, 6.07) is 1.68. The van der Waals surface area contributed by atoms with Gasteiger partial charge in [0, 0.05) is 23.3 Å². The van der Waals surface area contributed by atoms with Crippen LogP contribution < -0.4 is 0 Å². The van der Waals surface area contributed by atoms with E-state index in [1.807, 2.05) is 6.92 Å². The number of Topliss-reactive ketones (excluding diaryl/α,β-unsaturated/α-hetero) is 1. The summed E-state index contributed by atoms with van der Waals surface area (Å²) in [5, 5.41) is 22.9. The number of fused-ring (bicyclic) bond motifs is 3. The van der Waals surface area contributed by atoms with Gasteiger partial charge in [0.2, 0.25) is 0 Å². The molecule has 9 nitrogen and oxygen atoms in total. The van der Waals surface area contributed by atoms with Gasteiger partial charge in [-0.25, -0.2) is 4.79 Å². The molecule has 3 saturated heterocycles. The number of epoxide rings is 1. The molecule has 2 saturated carbocycles. The highest BCUT2D eigenvalue weighted by atomic mass is 16.7. The van der Waals surface area contributed by atoms with Crippen LogP contribution in [0.2, 0.25) is 0 Å². The van der Waals surface area contributed by atoms with Crippen molar-refractivity contribution in [1.82, 2.24) is 0 Å². The fraction of sp³-hybridized carbons (Fsp3) is 0.720. The summed E-state index contributed by atoms with van der Waals surface area (Å²) in [5.74, 6) is -2.90. The Kier molecular flexibility index (Phi) is 4.25. The zero-order valence-electron chi connectivity index (χ0n) is 19.6. The van der Waals surface area contributed by atoms with E-state index >= 15 is 0 Å². The van der Waals surface area contributed by atoms with Gasteiger partial charge in [0.1, 0.15) is 23.1 Å². The van der Waals surface area contributed by atoms with Crippen LogP contribution >= 0.6 is 0 Å². The molecular weight excluding hydrogens is 444 g/mol. The predicted octanol–water partition coefficient (Wildman–Crippen LogP) is 1.70. The van der Waals surface area contributed by atoms with Crippen LogP contribution in [0.15, 0.2) is 23.0 Å². The van der Waals surface area contributed by atoms with Crippen LogP contribution in [0.3, 0.4) is 0 Å². The second kappa shape index (κ2) is 6.50. The number of esters is 2. The Morgan fingerprint density at radius 3 is 2.44 bits per heavy atom. The fourth-order valence-electron chi connectivity index (χ4n) is 8.35. The average Bonchev–Trinajstić information content (AvgIpc) is 3.29. The second-order valence-electron chi connectivity index (χ2n) is 11.6. The first-order valence-corrected chi connectivity index (χ1v) is 11.9.